The molecule has 0 spiro atoms. The summed E-state index contributed by atoms with van der Waals surface area (Å²) in [4.78, 5) is 25.7. The molecule has 4 nitrogen and oxygen atoms in total. The van der Waals surface area contributed by atoms with Crippen LogP contribution in [0.4, 0.5) is 0 Å². The molecule has 0 saturated carbocycles. The minimum absolute atomic E-state index is 0.0355. The molecule has 120 valence electrons. The summed E-state index contributed by atoms with van der Waals surface area (Å²) >= 11 is 12.2. The highest BCUT2D eigenvalue weighted by Crippen LogP contribution is 2.38. The summed E-state index contributed by atoms with van der Waals surface area (Å²) in [7, 11) is 0. The van der Waals surface area contributed by atoms with E-state index in [0.29, 0.717) is 28.6 Å². The normalized spacial score (nSPS) is 21.4. The fourth-order valence-corrected chi connectivity index (χ4v) is 3.43. The highest BCUT2D eigenvalue weighted by Gasteiger charge is 2.48. The lowest BCUT2D eigenvalue weighted by atomic mass is 9.76. The lowest BCUT2D eigenvalue weighted by Gasteiger charge is -2.28. The third-order valence-corrected chi connectivity index (χ3v) is 5.28. The van der Waals surface area contributed by atoms with Crippen molar-refractivity contribution in [3.8, 4) is 0 Å². The van der Waals surface area contributed by atoms with E-state index < -0.39 is 11.4 Å². The van der Waals surface area contributed by atoms with Gasteiger partial charge >= 0.3 is 5.97 Å². The average molecular weight is 344 g/mol. The van der Waals surface area contributed by atoms with Crippen molar-refractivity contribution in [3.05, 3.63) is 33.8 Å². The van der Waals surface area contributed by atoms with Crippen molar-refractivity contribution in [2.24, 2.45) is 11.3 Å². The monoisotopic (exact) mass is 343 g/mol. The Morgan fingerprint density at radius 2 is 1.91 bits per heavy atom. The third-order valence-electron chi connectivity index (χ3n) is 4.57. The molecule has 2 rings (SSSR count). The molecule has 22 heavy (non-hydrogen) atoms. The first kappa shape index (κ1) is 17.1. The highest BCUT2D eigenvalue weighted by atomic mass is 35.5. The zero-order chi connectivity index (χ0) is 16.5. The second kappa shape index (κ2) is 6.47. The molecule has 6 heteroatoms. The number of carboxylic acid groups (broad SMARTS) is 1. The summed E-state index contributed by atoms with van der Waals surface area (Å²) < 4.78 is 0. The van der Waals surface area contributed by atoms with Gasteiger partial charge in [-0.2, -0.15) is 0 Å². The molecule has 1 N–H and O–H groups in total. The van der Waals surface area contributed by atoms with Gasteiger partial charge in [0.15, 0.2) is 0 Å². The van der Waals surface area contributed by atoms with Gasteiger partial charge in [0.2, 0.25) is 5.91 Å². The molecule has 1 heterocycles. The predicted molar refractivity (Wildman–Crippen MR) is 86.3 cm³/mol. The van der Waals surface area contributed by atoms with Crippen LogP contribution in [0.15, 0.2) is 18.2 Å². The zero-order valence-electron chi connectivity index (χ0n) is 12.6. The van der Waals surface area contributed by atoms with Gasteiger partial charge in [-0.25, -0.2) is 0 Å². The topological polar surface area (TPSA) is 57.6 Å². The van der Waals surface area contributed by atoms with Gasteiger partial charge in [-0.05, 0) is 30.0 Å². The van der Waals surface area contributed by atoms with Crippen molar-refractivity contribution in [1.29, 1.82) is 0 Å². The van der Waals surface area contributed by atoms with E-state index in [0.717, 1.165) is 0 Å². The van der Waals surface area contributed by atoms with E-state index in [4.69, 9.17) is 23.2 Å². The minimum Gasteiger partial charge on any atom is -0.481 e. The van der Waals surface area contributed by atoms with Crippen LogP contribution in [0.1, 0.15) is 25.8 Å². The Balaban J connectivity index is 2.14. The number of carbonyl (C=O) groups is 2. The molecule has 0 radical (unpaired) electrons. The third kappa shape index (κ3) is 3.08. The Morgan fingerprint density at radius 3 is 2.36 bits per heavy atom. The summed E-state index contributed by atoms with van der Waals surface area (Å²) in [5, 5.41) is 10.4. The van der Waals surface area contributed by atoms with Gasteiger partial charge in [-0.15, -0.1) is 0 Å². The van der Waals surface area contributed by atoms with Gasteiger partial charge in [0, 0.05) is 23.1 Å². The summed E-state index contributed by atoms with van der Waals surface area (Å²) in [5.41, 5.74) is -0.270. The van der Waals surface area contributed by atoms with Gasteiger partial charge in [-0.1, -0.05) is 43.1 Å². The van der Waals surface area contributed by atoms with Gasteiger partial charge in [0.1, 0.15) is 0 Å². The van der Waals surface area contributed by atoms with E-state index in [-0.39, 0.29) is 24.8 Å². The van der Waals surface area contributed by atoms with Crippen molar-refractivity contribution in [2.75, 3.05) is 13.1 Å². The molecular weight excluding hydrogens is 325 g/mol. The van der Waals surface area contributed by atoms with Crippen molar-refractivity contribution in [1.82, 2.24) is 4.90 Å². The zero-order valence-corrected chi connectivity index (χ0v) is 14.1. The van der Waals surface area contributed by atoms with Gasteiger partial charge < -0.3 is 10.0 Å². The molecule has 0 aliphatic carbocycles. The number of hydrogen-bond acceptors (Lipinski definition) is 2. The quantitative estimate of drug-likeness (QED) is 0.910. The van der Waals surface area contributed by atoms with Crippen LogP contribution in [0.2, 0.25) is 10.0 Å². The average Bonchev–Trinajstić information content (AvgIpc) is 2.89. The molecular formula is C16H19Cl2NO3. The van der Waals surface area contributed by atoms with Crippen LogP contribution in [0.3, 0.4) is 0 Å². The fourth-order valence-electron chi connectivity index (χ4n) is 2.90. The Hall–Kier alpha value is -1.26. The Morgan fingerprint density at radius 1 is 1.32 bits per heavy atom. The van der Waals surface area contributed by atoms with Crippen LogP contribution in [-0.4, -0.2) is 35.0 Å². The summed E-state index contributed by atoms with van der Waals surface area (Å²) in [6.45, 7) is 4.45. The molecule has 1 unspecified atom stereocenters. The largest absolute Gasteiger partial charge is 0.481 e. The Labute approximate surface area is 140 Å². The van der Waals surface area contributed by atoms with Crippen molar-refractivity contribution < 1.29 is 14.7 Å². The standard InChI is InChI=1S/C16H19Cl2NO3/c1-10(2)16(15(21)22)6-7-19(9-16)14(20)8-11-12(17)4-3-5-13(11)18/h3-5,10H,6-9H2,1-2H3,(H,21,22). The predicted octanol–water partition coefficient (Wildman–Crippen LogP) is 3.50. The SMILES string of the molecule is CC(C)C1(C(=O)O)CCN(C(=O)Cc2c(Cl)cccc2Cl)C1. The number of likely N-dealkylation sites (tertiary alicyclic amines) is 1. The minimum atomic E-state index is -0.861. The number of benzene rings is 1. The van der Waals surface area contributed by atoms with E-state index in [2.05, 4.69) is 0 Å². The number of amides is 1. The number of rotatable bonds is 4. The summed E-state index contributed by atoms with van der Waals surface area (Å²) in [5.74, 6) is -1.01. The van der Waals surface area contributed by atoms with E-state index in [1.54, 1.807) is 23.1 Å². The molecule has 1 atom stereocenters. The molecule has 1 aromatic carbocycles. The second-order valence-corrected chi connectivity index (χ2v) is 6.87. The molecule has 1 fully saturated rings. The highest BCUT2D eigenvalue weighted by molar-refractivity contribution is 6.36. The molecule has 1 amide bonds. The molecule has 0 bridgehead atoms. The number of carboxylic acids is 1. The Kier molecular flexibility index (Phi) is 5.03. The lowest BCUT2D eigenvalue weighted by Crippen LogP contribution is -2.41. The first-order chi connectivity index (χ1) is 10.3. The lowest BCUT2D eigenvalue weighted by molar-refractivity contribution is -0.151. The number of hydrogen-bond donors (Lipinski definition) is 1. The van der Waals surface area contributed by atoms with E-state index in [1.165, 1.54) is 0 Å². The molecule has 1 aromatic rings. The fraction of sp³-hybridized carbons (Fsp3) is 0.500. The molecule has 0 aromatic heterocycles. The van der Waals surface area contributed by atoms with Crippen LogP contribution < -0.4 is 0 Å². The van der Waals surface area contributed by atoms with E-state index in [1.807, 2.05) is 13.8 Å². The van der Waals surface area contributed by atoms with Crippen LogP contribution >= 0.6 is 23.2 Å². The molecule has 1 saturated heterocycles. The smallest absolute Gasteiger partial charge is 0.311 e. The van der Waals surface area contributed by atoms with Crippen LogP contribution in [0, 0.1) is 11.3 Å². The summed E-state index contributed by atoms with van der Waals surface area (Å²) in [6, 6.07) is 5.11. The van der Waals surface area contributed by atoms with Crippen molar-refractivity contribution in [3.63, 3.8) is 0 Å². The number of carbonyl (C=O) groups excluding carboxylic acids is 1. The number of halogens is 2. The molecule has 1 aliphatic rings. The first-order valence-corrected chi connectivity index (χ1v) is 7.97. The van der Waals surface area contributed by atoms with E-state index >= 15 is 0 Å². The van der Waals surface area contributed by atoms with Crippen LogP contribution in [0.25, 0.3) is 0 Å². The van der Waals surface area contributed by atoms with E-state index in [9.17, 15) is 14.7 Å². The maximum atomic E-state index is 12.5. The maximum Gasteiger partial charge on any atom is 0.311 e. The van der Waals surface area contributed by atoms with Gasteiger partial charge in [0.05, 0.1) is 11.8 Å². The second-order valence-electron chi connectivity index (χ2n) is 6.06. The van der Waals surface area contributed by atoms with Gasteiger partial charge in [-0.3, -0.25) is 9.59 Å². The van der Waals surface area contributed by atoms with Crippen LogP contribution in [0.5, 0.6) is 0 Å². The Bertz CT molecular complexity index is 583. The first-order valence-electron chi connectivity index (χ1n) is 7.22. The molecule has 1 aliphatic heterocycles. The van der Waals surface area contributed by atoms with Crippen molar-refractivity contribution >= 4 is 35.1 Å². The number of nitrogens with zero attached hydrogens (tertiary/aromatic N) is 1. The number of aliphatic carboxylic acids is 1. The van der Waals surface area contributed by atoms with Crippen LogP contribution in [-0.2, 0) is 16.0 Å². The van der Waals surface area contributed by atoms with Gasteiger partial charge in [0.25, 0.3) is 0 Å². The van der Waals surface area contributed by atoms with Crippen molar-refractivity contribution in [2.45, 2.75) is 26.7 Å². The maximum absolute atomic E-state index is 12.5. The summed E-state index contributed by atoms with van der Waals surface area (Å²) in [6.07, 6.45) is 0.564.